The van der Waals surface area contributed by atoms with Crippen molar-refractivity contribution >= 4 is 6.09 Å². The van der Waals surface area contributed by atoms with Crippen LogP contribution < -0.4 is 10.5 Å². The van der Waals surface area contributed by atoms with Crippen molar-refractivity contribution in [2.75, 3.05) is 0 Å². The van der Waals surface area contributed by atoms with Gasteiger partial charge in [-0.1, -0.05) is 24.3 Å². The molecule has 2 rings (SSSR count). The first-order valence-corrected chi connectivity index (χ1v) is 4.98. The van der Waals surface area contributed by atoms with E-state index in [1.54, 1.807) is 36.4 Å². The Morgan fingerprint density at radius 1 is 0.941 bits per heavy atom. The summed E-state index contributed by atoms with van der Waals surface area (Å²) in [5, 5.41) is 0. The van der Waals surface area contributed by atoms with E-state index in [2.05, 4.69) is 0 Å². The Morgan fingerprint density at radius 2 is 1.41 bits per heavy atom. The summed E-state index contributed by atoms with van der Waals surface area (Å²) in [6.45, 7) is 0. The van der Waals surface area contributed by atoms with Gasteiger partial charge in [-0.2, -0.15) is 0 Å². The first kappa shape index (κ1) is 11.1. The van der Waals surface area contributed by atoms with E-state index in [0.29, 0.717) is 5.75 Å². The fourth-order valence-electron chi connectivity index (χ4n) is 1.47. The fraction of sp³-hybridized carbons (Fsp3) is 0. The molecule has 0 unspecified atom stereocenters. The van der Waals surface area contributed by atoms with E-state index < -0.39 is 6.09 Å². The lowest BCUT2D eigenvalue weighted by atomic mass is 10.1. The van der Waals surface area contributed by atoms with Crippen molar-refractivity contribution < 1.29 is 13.9 Å². The van der Waals surface area contributed by atoms with E-state index in [-0.39, 0.29) is 5.82 Å². The van der Waals surface area contributed by atoms with E-state index in [0.717, 1.165) is 11.1 Å². The summed E-state index contributed by atoms with van der Waals surface area (Å²) in [4.78, 5) is 10.5. The molecule has 1 amide bonds. The summed E-state index contributed by atoms with van der Waals surface area (Å²) in [6, 6.07) is 12.9. The largest absolute Gasteiger partial charge is 0.411 e. The average Bonchev–Trinajstić information content (AvgIpc) is 2.30. The number of carbonyl (C=O) groups excluding carboxylic acids is 1. The van der Waals surface area contributed by atoms with Crippen molar-refractivity contribution in [3.8, 4) is 16.9 Å². The van der Waals surface area contributed by atoms with E-state index in [9.17, 15) is 9.18 Å². The molecule has 2 aromatic rings. The molecule has 0 aromatic heterocycles. The summed E-state index contributed by atoms with van der Waals surface area (Å²) in [6.07, 6.45) is -0.848. The minimum absolute atomic E-state index is 0.276. The Kier molecular flexibility index (Phi) is 3.05. The third-order valence-electron chi connectivity index (χ3n) is 2.25. The van der Waals surface area contributed by atoms with Crippen molar-refractivity contribution in [1.29, 1.82) is 0 Å². The van der Waals surface area contributed by atoms with Crippen LogP contribution in [0.5, 0.6) is 5.75 Å². The molecule has 0 atom stereocenters. The Labute approximate surface area is 97.6 Å². The summed E-state index contributed by atoms with van der Waals surface area (Å²) in [7, 11) is 0. The van der Waals surface area contributed by atoms with Crippen molar-refractivity contribution in [2.24, 2.45) is 5.73 Å². The standard InChI is InChI=1S/C13H10FNO2/c14-11-5-1-9(2-6-11)10-3-7-12(8-4-10)17-13(15)16/h1-8H,(H2,15,16). The fourth-order valence-corrected chi connectivity index (χ4v) is 1.47. The van der Waals surface area contributed by atoms with Gasteiger partial charge in [0.25, 0.3) is 0 Å². The average molecular weight is 231 g/mol. The number of nitrogens with two attached hydrogens (primary N) is 1. The zero-order valence-electron chi connectivity index (χ0n) is 8.89. The number of benzene rings is 2. The van der Waals surface area contributed by atoms with Gasteiger partial charge in [0, 0.05) is 0 Å². The number of ether oxygens (including phenoxy) is 1. The molecule has 3 nitrogen and oxygen atoms in total. The third kappa shape index (κ3) is 2.81. The molecule has 0 aliphatic heterocycles. The van der Waals surface area contributed by atoms with Crippen molar-refractivity contribution in [3.63, 3.8) is 0 Å². The van der Waals surface area contributed by atoms with Crippen LogP contribution >= 0.6 is 0 Å². The topological polar surface area (TPSA) is 52.3 Å². The van der Waals surface area contributed by atoms with Crippen molar-refractivity contribution in [1.82, 2.24) is 0 Å². The molecule has 0 radical (unpaired) electrons. The van der Waals surface area contributed by atoms with Gasteiger partial charge in [-0.15, -0.1) is 0 Å². The molecular weight excluding hydrogens is 221 g/mol. The van der Waals surface area contributed by atoms with Gasteiger partial charge < -0.3 is 10.5 Å². The van der Waals surface area contributed by atoms with E-state index >= 15 is 0 Å². The quantitative estimate of drug-likeness (QED) is 0.863. The molecule has 0 bridgehead atoms. The smallest absolute Gasteiger partial charge is 0.409 e. The highest BCUT2D eigenvalue weighted by molar-refractivity contribution is 5.69. The molecule has 2 N–H and O–H groups in total. The van der Waals surface area contributed by atoms with Gasteiger partial charge in [0.05, 0.1) is 0 Å². The maximum Gasteiger partial charge on any atom is 0.409 e. The number of hydrogen-bond donors (Lipinski definition) is 1. The van der Waals surface area contributed by atoms with E-state index in [4.69, 9.17) is 10.5 Å². The van der Waals surface area contributed by atoms with Gasteiger partial charge in [-0.25, -0.2) is 9.18 Å². The number of hydrogen-bond acceptors (Lipinski definition) is 2. The summed E-state index contributed by atoms with van der Waals surface area (Å²) in [5.41, 5.74) is 6.68. The number of primary amides is 1. The van der Waals surface area contributed by atoms with Crippen LogP contribution in [0.15, 0.2) is 48.5 Å². The van der Waals surface area contributed by atoms with Crippen LogP contribution in [-0.4, -0.2) is 6.09 Å². The zero-order valence-corrected chi connectivity index (χ0v) is 8.89. The lowest BCUT2D eigenvalue weighted by Gasteiger charge is -2.04. The molecule has 0 aliphatic carbocycles. The molecular formula is C13H10FNO2. The van der Waals surface area contributed by atoms with Crippen LogP contribution in [0.4, 0.5) is 9.18 Å². The molecule has 17 heavy (non-hydrogen) atoms. The molecule has 0 saturated carbocycles. The van der Waals surface area contributed by atoms with Crippen molar-refractivity contribution in [3.05, 3.63) is 54.3 Å². The second kappa shape index (κ2) is 4.65. The minimum atomic E-state index is -0.848. The highest BCUT2D eigenvalue weighted by Crippen LogP contribution is 2.22. The van der Waals surface area contributed by atoms with Crippen LogP contribution in [-0.2, 0) is 0 Å². The lowest BCUT2D eigenvalue weighted by Crippen LogP contribution is -2.16. The second-order valence-electron chi connectivity index (χ2n) is 3.45. The van der Waals surface area contributed by atoms with Gasteiger partial charge in [-0.3, -0.25) is 0 Å². The minimum Gasteiger partial charge on any atom is -0.411 e. The van der Waals surface area contributed by atoms with Crippen LogP contribution in [0, 0.1) is 5.82 Å². The summed E-state index contributed by atoms with van der Waals surface area (Å²) >= 11 is 0. The van der Waals surface area contributed by atoms with Gasteiger partial charge in [0.2, 0.25) is 0 Å². The molecule has 0 aliphatic rings. The van der Waals surface area contributed by atoms with E-state index in [1.807, 2.05) is 0 Å². The van der Waals surface area contributed by atoms with Gasteiger partial charge in [0.15, 0.2) is 0 Å². The number of halogens is 1. The third-order valence-corrected chi connectivity index (χ3v) is 2.25. The Hall–Kier alpha value is -2.36. The first-order chi connectivity index (χ1) is 8.15. The lowest BCUT2D eigenvalue weighted by molar-refractivity contribution is 0.211. The molecule has 0 saturated heterocycles. The normalized spacial score (nSPS) is 9.94. The second-order valence-corrected chi connectivity index (χ2v) is 3.45. The first-order valence-electron chi connectivity index (χ1n) is 4.98. The maximum atomic E-state index is 12.7. The monoisotopic (exact) mass is 231 g/mol. The van der Waals surface area contributed by atoms with Crippen molar-refractivity contribution in [2.45, 2.75) is 0 Å². The Bertz CT molecular complexity index is 520. The number of amides is 1. The Balaban J connectivity index is 2.23. The van der Waals surface area contributed by atoms with Crippen LogP contribution in [0.3, 0.4) is 0 Å². The van der Waals surface area contributed by atoms with E-state index in [1.165, 1.54) is 12.1 Å². The van der Waals surface area contributed by atoms with Gasteiger partial charge >= 0.3 is 6.09 Å². The molecule has 0 spiro atoms. The van der Waals surface area contributed by atoms with Crippen LogP contribution in [0.1, 0.15) is 0 Å². The SMILES string of the molecule is NC(=O)Oc1ccc(-c2ccc(F)cc2)cc1. The summed E-state index contributed by atoms with van der Waals surface area (Å²) in [5.74, 6) is 0.103. The molecule has 2 aromatic carbocycles. The maximum absolute atomic E-state index is 12.7. The van der Waals surface area contributed by atoms with Crippen LogP contribution in [0.25, 0.3) is 11.1 Å². The van der Waals surface area contributed by atoms with Gasteiger partial charge in [0.1, 0.15) is 11.6 Å². The van der Waals surface area contributed by atoms with Gasteiger partial charge in [-0.05, 0) is 35.4 Å². The highest BCUT2D eigenvalue weighted by atomic mass is 19.1. The molecule has 86 valence electrons. The molecule has 4 heteroatoms. The molecule has 0 fully saturated rings. The number of rotatable bonds is 2. The predicted molar refractivity (Wildman–Crippen MR) is 62.0 cm³/mol. The highest BCUT2D eigenvalue weighted by Gasteiger charge is 2.01. The zero-order chi connectivity index (χ0) is 12.3. The number of carbonyl (C=O) groups is 1. The predicted octanol–water partition coefficient (Wildman–Crippen LogP) is 2.95. The Morgan fingerprint density at radius 3 is 1.88 bits per heavy atom. The molecule has 0 heterocycles. The summed E-state index contributed by atoms with van der Waals surface area (Å²) < 4.78 is 17.4. The van der Waals surface area contributed by atoms with Crippen LogP contribution in [0.2, 0.25) is 0 Å².